The number of halogens is 1. The number of amides is 1. The minimum atomic E-state index is -1.21. The van der Waals surface area contributed by atoms with Crippen molar-refractivity contribution in [2.45, 2.75) is 51.9 Å². The number of carbonyl (C=O) groups excluding carboxylic acids is 1. The molecule has 2 atom stereocenters. The van der Waals surface area contributed by atoms with Crippen molar-refractivity contribution in [1.29, 1.82) is 0 Å². The summed E-state index contributed by atoms with van der Waals surface area (Å²) in [6.45, 7) is 6.14. The second kappa shape index (κ2) is 12.5. The lowest BCUT2D eigenvalue weighted by Crippen LogP contribution is -2.27. The molecule has 0 radical (unpaired) electrons. The molecule has 1 aromatic heterocycles. The molecule has 0 saturated carbocycles. The van der Waals surface area contributed by atoms with Crippen LogP contribution in [-0.2, 0) is 4.79 Å². The molecule has 37 heavy (non-hydrogen) atoms. The lowest BCUT2D eigenvalue weighted by molar-refractivity contribution is -0.139. The number of carboxylic acids is 1. The van der Waals surface area contributed by atoms with Crippen molar-refractivity contribution in [3.63, 3.8) is 0 Å². The predicted octanol–water partition coefficient (Wildman–Crippen LogP) is 4.89. The number of carbonyl (C=O) groups is 2. The van der Waals surface area contributed by atoms with Gasteiger partial charge in [0.1, 0.15) is 11.5 Å². The van der Waals surface area contributed by atoms with E-state index in [9.17, 15) is 24.2 Å². The molecule has 7 nitrogen and oxygen atoms in total. The van der Waals surface area contributed by atoms with Gasteiger partial charge in [0.25, 0.3) is 5.91 Å². The minimum Gasteiger partial charge on any atom is -0.481 e. The van der Waals surface area contributed by atoms with E-state index in [2.05, 4.69) is 5.32 Å². The Balaban J connectivity index is 2.29. The van der Waals surface area contributed by atoms with Crippen LogP contribution in [0, 0.1) is 5.82 Å². The van der Waals surface area contributed by atoms with Crippen LogP contribution in [0.25, 0.3) is 28.3 Å². The highest BCUT2D eigenvalue weighted by Crippen LogP contribution is 2.42. The summed E-state index contributed by atoms with van der Waals surface area (Å²) in [5, 5.41) is 32.3. The van der Waals surface area contributed by atoms with Crippen LogP contribution in [0.15, 0.2) is 60.7 Å². The molecule has 0 aliphatic heterocycles. The van der Waals surface area contributed by atoms with Crippen molar-refractivity contribution < 1.29 is 29.3 Å². The topological polar surface area (TPSA) is 112 Å². The van der Waals surface area contributed by atoms with E-state index in [0.29, 0.717) is 34.6 Å². The van der Waals surface area contributed by atoms with Gasteiger partial charge in [0.15, 0.2) is 0 Å². The number of carboxylic acid groups (broad SMARTS) is 1. The zero-order valence-electron chi connectivity index (χ0n) is 21.2. The monoisotopic (exact) mass is 508 g/mol. The molecule has 0 unspecified atom stereocenters. The van der Waals surface area contributed by atoms with Crippen molar-refractivity contribution in [2.75, 3.05) is 6.54 Å². The second-order valence-electron chi connectivity index (χ2n) is 9.09. The van der Waals surface area contributed by atoms with Crippen LogP contribution in [-0.4, -0.2) is 50.5 Å². The molecule has 1 amide bonds. The standard InChI is InChI=1S/C29H33FN2O5/c1-4-31-29(37)28-27(19-8-6-5-7-9-19)26(20-10-12-21(30)13-11-20)24(32(28)18(2)3)15-14-22(33)16-23(34)17-25(35)36/h5-15,18,22-23,33-34H,4,16-17H2,1-3H3,(H,31,37)(H,35,36)/b15-14+/t22-,23-/m1/s1. The van der Waals surface area contributed by atoms with Crippen molar-refractivity contribution in [3.8, 4) is 22.3 Å². The van der Waals surface area contributed by atoms with E-state index < -0.39 is 30.4 Å². The Morgan fingerprint density at radius 3 is 2.19 bits per heavy atom. The molecule has 2 aromatic carbocycles. The Bertz CT molecular complexity index is 1250. The fourth-order valence-corrected chi connectivity index (χ4v) is 4.41. The average molecular weight is 509 g/mol. The molecule has 0 aliphatic rings. The Hall–Kier alpha value is -3.75. The number of aliphatic carboxylic acids is 1. The van der Waals surface area contributed by atoms with E-state index in [-0.39, 0.29) is 18.4 Å². The van der Waals surface area contributed by atoms with Crippen LogP contribution in [0.4, 0.5) is 4.39 Å². The summed E-state index contributed by atoms with van der Waals surface area (Å²) in [5.41, 5.74) is 3.90. The fourth-order valence-electron chi connectivity index (χ4n) is 4.41. The minimum absolute atomic E-state index is 0.161. The number of aliphatic hydroxyl groups is 2. The van der Waals surface area contributed by atoms with Crippen LogP contribution in [0.3, 0.4) is 0 Å². The van der Waals surface area contributed by atoms with E-state index in [4.69, 9.17) is 5.11 Å². The van der Waals surface area contributed by atoms with Crippen molar-refractivity contribution in [2.24, 2.45) is 0 Å². The number of hydrogen-bond acceptors (Lipinski definition) is 4. The van der Waals surface area contributed by atoms with Gasteiger partial charge in [-0.05, 0) is 50.1 Å². The lowest BCUT2D eigenvalue weighted by Gasteiger charge is -2.17. The zero-order chi connectivity index (χ0) is 27.1. The molecule has 8 heteroatoms. The number of hydrogen-bond donors (Lipinski definition) is 4. The molecule has 196 valence electrons. The van der Waals surface area contributed by atoms with Crippen molar-refractivity contribution >= 4 is 18.0 Å². The summed E-state index contributed by atoms with van der Waals surface area (Å²) in [5.74, 6) is -1.82. The molecule has 0 aliphatic carbocycles. The van der Waals surface area contributed by atoms with Crippen LogP contribution >= 0.6 is 0 Å². The van der Waals surface area contributed by atoms with Crippen LogP contribution < -0.4 is 5.32 Å². The molecule has 0 saturated heterocycles. The Morgan fingerprint density at radius 2 is 1.62 bits per heavy atom. The van der Waals surface area contributed by atoms with Gasteiger partial charge in [-0.2, -0.15) is 0 Å². The van der Waals surface area contributed by atoms with Crippen LogP contribution in [0.1, 0.15) is 55.8 Å². The maximum absolute atomic E-state index is 13.9. The predicted molar refractivity (Wildman–Crippen MR) is 142 cm³/mol. The van der Waals surface area contributed by atoms with Gasteiger partial charge in [-0.15, -0.1) is 0 Å². The summed E-state index contributed by atoms with van der Waals surface area (Å²) >= 11 is 0. The van der Waals surface area contributed by atoms with Crippen molar-refractivity contribution in [1.82, 2.24) is 9.88 Å². The molecule has 0 spiro atoms. The number of aliphatic hydroxyl groups excluding tert-OH is 2. The smallest absolute Gasteiger partial charge is 0.305 e. The Kier molecular flexibility index (Phi) is 9.38. The molecule has 3 rings (SSSR count). The Morgan fingerprint density at radius 1 is 1.00 bits per heavy atom. The van der Waals surface area contributed by atoms with Crippen LogP contribution in [0.5, 0.6) is 0 Å². The second-order valence-corrected chi connectivity index (χ2v) is 9.09. The number of rotatable bonds is 11. The van der Waals surface area contributed by atoms with Crippen LogP contribution in [0.2, 0.25) is 0 Å². The summed E-state index contributed by atoms with van der Waals surface area (Å²) in [6.07, 6.45) is 0.170. The van der Waals surface area contributed by atoms with E-state index in [1.54, 1.807) is 18.2 Å². The van der Waals surface area contributed by atoms with E-state index in [0.717, 1.165) is 5.56 Å². The molecule has 0 bridgehead atoms. The van der Waals surface area contributed by atoms with Gasteiger partial charge in [0, 0.05) is 35.8 Å². The highest BCUT2D eigenvalue weighted by molar-refractivity contribution is 6.06. The quantitative estimate of drug-likeness (QED) is 0.295. The van der Waals surface area contributed by atoms with Gasteiger partial charge in [-0.25, -0.2) is 4.39 Å². The first-order chi connectivity index (χ1) is 17.6. The third-order valence-corrected chi connectivity index (χ3v) is 5.91. The van der Waals surface area contributed by atoms with E-state index >= 15 is 0 Å². The Labute approximate surface area is 215 Å². The van der Waals surface area contributed by atoms with Gasteiger partial charge in [0.2, 0.25) is 0 Å². The molecular formula is C29H33FN2O5. The molecule has 4 N–H and O–H groups in total. The van der Waals surface area contributed by atoms with Gasteiger partial charge in [-0.1, -0.05) is 48.5 Å². The number of nitrogens with one attached hydrogen (secondary N) is 1. The normalized spacial score (nSPS) is 13.2. The third kappa shape index (κ3) is 6.72. The first-order valence-electron chi connectivity index (χ1n) is 12.3. The maximum atomic E-state index is 13.9. The maximum Gasteiger partial charge on any atom is 0.305 e. The first-order valence-corrected chi connectivity index (χ1v) is 12.3. The van der Waals surface area contributed by atoms with Gasteiger partial charge >= 0.3 is 5.97 Å². The summed E-state index contributed by atoms with van der Waals surface area (Å²) < 4.78 is 15.7. The molecule has 3 aromatic rings. The molecule has 0 fully saturated rings. The van der Waals surface area contributed by atoms with Gasteiger partial charge in [0.05, 0.1) is 18.6 Å². The largest absolute Gasteiger partial charge is 0.481 e. The number of benzene rings is 2. The average Bonchev–Trinajstić information content (AvgIpc) is 3.19. The van der Waals surface area contributed by atoms with E-state index in [1.807, 2.05) is 55.7 Å². The van der Waals surface area contributed by atoms with Gasteiger partial charge < -0.3 is 25.2 Å². The van der Waals surface area contributed by atoms with Crippen molar-refractivity contribution in [3.05, 3.63) is 77.9 Å². The van der Waals surface area contributed by atoms with E-state index in [1.165, 1.54) is 18.2 Å². The molecular weight excluding hydrogens is 475 g/mol. The molecule has 1 heterocycles. The fraction of sp³-hybridized carbons (Fsp3) is 0.310. The first kappa shape index (κ1) is 27.8. The van der Waals surface area contributed by atoms with Gasteiger partial charge in [-0.3, -0.25) is 9.59 Å². The third-order valence-electron chi connectivity index (χ3n) is 5.91. The lowest BCUT2D eigenvalue weighted by atomic mass is 9.94. The summed E-state index contributed by atoms with van der Waals surface area (Å²) in [7, 11) is 0. The SMILES string of the molecule is CCNC(=O)c1c(-c2ccccc2)c(-c2ccc(F)cc2)c(/C=C/[C@@H](O)C[C@@H](O)CC(=O)O)n1C(C)C. The number of aromatic nitrogens is 1. The highest BCUT2D eigenvalue weighted by atomic mass is 19.1. The summed E-state index contributed by atoms with van der Waals surface area (Å²) in [6, 6.07) is 15.3. The highest BCUT2D eigenvalue weighted by Gasteiger charge is 2.29. The zero-order valence-corrected chi connectivity index (χ0v) is 21.2. The summed E-state index contributed by atoms with van der Waals surface area (Å²) in [4.78, 5) is 24.3. The number of nitrogens with zero attached hydrogens (tertiary/aromatic N) is 1.